The molecule has 0 radical (unpaired) electrons. The van der Waals surface area contributed by atoms with Crippen LogP contribution in [-0.2, 0) is 10.3 Å². The minimum absolute atomic E-state index is 0.117. The summed E-state index contributed by atoms with van der Waals surface area (Å²) in [4.78, 5) is 4.11. The summed E-state index contributed by atoms with van der Waals surface area (Å²) in [6.45, 7) is 3.43. The molecule has 0 spiro atoms. The van der Waals surface area contributed by atoms with Crippen molar-refractivity contribution in [3.05, 3.63) is 16.6 Å². The van der Waals surface area contributed by atoms with E-state index >= 15 is 0 Å². The van der Waals surface area contributed by atoms with Crippen LogP contribution in [0.1, 0.15) is 18.9 Å². The molecule has 0 saturated heterocycles. The lowest BCUT2D eigenvalue weighted by Crippen LogP contribution is -2.39. The van der Waals surface area contributed by atoms with Gasteiger partial charge in [-0.15, -0.1) is 24.5 Å². The molecular formula is C9H13F3N2OS. The zero-order chi connectivity index (χ0) is 12.2. The average molecular weight is 254 g/mol. The van der Waals surface area contributed by atoms with Crippen LogP contribution in [0.4, 0.5) is 13.2 Å². The van der Waals surface area contributed by atoms with Gasteiger partial charge in [-0.1, -0.05) is 0 Å². The van der Waals surface area contributed by atoms with Crippen molar-refractivity contribution in [1.29, 1.82) is 0 Å². The van der Waals surface area contributed by atoms with E-state index in [1.165, 1.54) is 11.3 Å². The number of hydrogen-bond donors (Lipinski definition) is 1. The molecule has 3 nitrogen and oxygen atoms in total. The first-order valence-electron chi connectivity index (χ1n) is 4.67. The highest BCUT2D eigenvalue weighted by Crippen LogP contribution is 2.21. The molecule has 1 N–H and O–H groups in total. The Balaban J connectivity index is 2.32. The van der Waals surface area contributed by atoms with Gasteiger partial charge in [-0.25, -0.2) is 4.98 Å². The number of hydrogen-bond acceptors (Lipinski definition) is 4. The Kier molecular flexibility index (Phi) is 4.28. The number of aromatic nitrogens is 1. The molecule has 16 heavy (non-hydrogen) atoms. The van der Waals surface area contributed by atoms with E-state index in [-0.39, 0.29) is 6.54 Å². The molecule has 0 aromatic carbocycles. The van der Waals surface area contributed by atoms with Gasteiger partial charge < -0.3 is 5.32 Å². The van der Waals surface area contributed by atoms with E-state index in [0.29, 0.717) is 0 Å². The summed E-state index contributed by atoms with van der Waals surface area (Å²) in [6.07, 6.45) is -2.90. The monoisotopic (exact) mass is 254 g/mol. The van der Waals surface area contributed by atoms with E-state index in [4.69, 9.17) is 0 Å². The zero-order valence-electron chi connectivity index (χ0n) is 8.97. The highest BCUT2D eigenvalue weighted by atomic mass is 32.1. The average Bonchev–Trinajstić information content (AvgIpc) is 2.64. The van der Waals surface area contributed by atoms with Crippen molar-refractivity contribution >= 4 is 11.3 Å². The minimum atomic E-state index is -4.56. The molecule has 0 saturated carbocycles. The maximum Gasteiger partial charge on any atom is 0.522 e. The highest BCUT2D eigenvalue weighted by molar-refractivity contribution is 7.09. The number of halogens is 3. The second-order valence-electron chi connectivity index (χ2n) is 3.68. The number of rotatable bonds is 5. The largest absolute Gasteiger partial charge is 0.522 e. The van der Waals surface area contributed by atoms with Gasteiger partial charge in [0.15, 0.2) is 0 Å². The molecule has 0 aliphatic carbocycles. The Hall–Kier alpha value is -0.660. The first kappa shape index (κ1) is 13.4. The van der Waals surface area contributed by atoms with E-state index in [1.54, 1.807) is 6.20 Å². The molecule has 0 bridgehead atoms. The van der Waals surface area contributed by atoms with E-state index < -0.39 is 18.5 Å². The van der Waals surface area contributed by atoms with Gasteiger partial charge in [-0.05, 0) is 13.8 Å². The Morgan fingerprint density at radius 3 is 2.62 bits per heavy atom. The van der Waals surface area contributed by atoms with Crippen molar-refractivity contribution in [2.24, 2.45) is 0 Å². The lowest BCUT2D eigenvalue weighted by atomic mass is 10.1. The molecule has 0 amide bonds. The molecule has 0 atom stereocenters. The van der Waals surface area contributed by atoms with Crippen LogP contribution in [0.15, 0.2) is 11.6 Å². The second-order valence-corrected chi connectivity index (χ2v) is 4.58. The lowest BCUT2D eigenvalue weighted by Gasteiger charge is -2.23. The number of thiazole rings is 1. The standard InChI is InChI=1S/C9H13F3N2OS/c1-8(2,7-13-4-6-16-7)14-3-5-15-9(10,11)12/h4,6,14H,3,5H2,1-2H3. The minimum Gasteiger partial charge on any atom is -0.304 e. The Labute approximate surface area is 95.6 Å². The molecule has 0 aliphatic rings. The van der Waals surface area contributed by atoms with Crippen LogP contribution in [0.25, 0.3) is 0 Å². The number of nitrogens with one attached hydrogen (secondary N) is 1. The van der Waals surface area contributed by atoms with E-state index in [2.05, 4.69) is 15.0 Å². The molecule has 0 unspecified atom stereocenters. The number of ether oxygens (including phenoxy) is 1. The van der Waals surface area contributed by atoms with Gasteiger partial charge in [0.25, 0.3) is 0 Å². The molecular weight excluding hydrogens is 241 g/mol. The smallest absolute Gasteiger partial charge is 0.304 e. The topological polar surface area (TPSA) is 34.1 Å². The first-order valence-corrected chi connectivity index (χ1v) is 5.55. The number of nitrogens with zero attached hydrogens (tertiary/aromatic N) is 1. The predicted molar refractivity (Wildman–Crippen MR) is 55.1 cm³/mol. The van der Waals surface area contributed by atoms with Crippen LogP contribution in [-0.4, -0.2) is 24.5 Å². The molecule has 0 aliphatic heterocycles. The van der Waals surface area contributed by atoms with Gasteiger partial charge in [0.1, 0.15) is 5.01 Å². The van der Waals surface area contributed by atoms with Gasteiger partial charge >= 0.3 is 6.36 Å². The lowest BCUT2D eigenvalue weighted by molar-refractivity contribution is -0.323. The van der Waals surface area contributed by atoms with Gasteiger partial charge in [0.2, 0.25) is 0 Å². The normalized spacial score (nSPS) is 13.1. The van der Waals surface area contributed by atoms with Gasteiger partial charge in [0, 0.05) is 18.1 Å². The van der Waals surface area contributed by atoms with Crippen LogP contribution in [0.3, 0.4) is 0 Å². The highest BCUT2D eigenvalue weighted by Gasteiger charge is 2.29. The third-order valence-corrected chi connectivity index (χ3v) is 3.00. The second kappa shape index (κ2) is 5.11. The summed E-state index contributed by atoms with van der Waals surface area (Å²) in [5.74, 6) is 0. The van der Waals surface area contributed by atoms with Crippen LogP contribution >= 0.6 is 11.3 Å². The Morgan fingerprint density at radius 2 is 2.12 bits per heavy atom. The molecule has 1 rings (SSSR count). The van der Waals surface area contributed by atoms with Crippen molar-refractivity contribution in [3.63, 3.8) is 0 Å². The Bertz CT molecular complexity index is 311. The maximum absolute atomic E-state index is 11.7. The fourth-order valence-corrected chi connectivity index (χ4v) is 1.88. The molecule has 1 heterocycles. The molecule has 7 heteroatoms. The number of alkyl halides is 3. The molecule has 92 valence electrons. The SMILES string of the molecule is CC(C)(NCCOC(F)(F)F)c1nccs1. The van der Waals surface area contributed by atoms with E-state index in [9.17, 15) is 13.2 Å². The van der Waals surface area contributed by atoms with Crippen molar-refractivity contribution in [3.8, 4) is 0 Å². The van der Waals surface area contributed by atoms with Crippen molar-refractivity contribution in [1.82, 2.24) is 10.3 Å². The van der Waals surface area contributed by atoms with E-state index in [1.807, 2.05) is 19.2 Å². The molecule has 1 aromatic rings. The predicted octanol–water partition coefficient (Wildman–Crippen LogP) is 2.50. The summed E-state index contributed by atoms with van der Waals surface area (Å²) in [7, 11) is 0. The molecule has 0 fully saturated rings. The van der Waals surface area contributed by atoms with E-state index in [0.717, 1.165) is 5.01 Å². The quantitative estimate of drug-likeness (QED) is 0.820. The summed E-state index contributed by atoms with van der Waals surface area (Å²) < 4.78 is 38.7. The molecule has 1 aromatic heterocycles. The maximum atomic E-state index is 11.7. The summed E-state index contributed by atoms with van der Waals surface area (Å²) in [5.41, 5.74) is -0.441. The summed E-state index contributed by atoms with van der Waals surface area (Å²) in [6, 6.07) is 0. The van der Waals surface area contributed by atoms with Gasteiger partial charge in [0.05, 0.1) is 12.1 Å². The van der Waals surface area contributed by atoms with Crippen molar-refractivity contribution < 1.29 is 17.9 Å². The fourth-order valence-electron chi connectivity index (χ4n) is 1.14. The van der Waals surface area contributed by atoms with Crippen molar-refractivity contribution in [2.75, 3.05) is 13.2 Å². The van der Waals surface area contributed by atoms with Crippen molar-refractivity contribution in [2.45, 2.75) is 25.7 Å². The zero-order valence-corrected chi connectivity index (χ0v) is 9.78. The van der Waals surface area contributed by atoms with Crippen LogP contribution in [0.5, 0.6) is 0 Å². The third kappa shape index (κ3) is 4.46. The summed E-state index contributed by atoms with van der Waals surface area (Å²) >= 11 is 1.46. The Morgan fingerprint density at radius 1 is 1.44 bits per heavy atom. The third-order valence-electron chi connectivity index (χ3n) is 1.90. The van der Waals surface area contributed by atoms with Crippen LogP contribution in [0, 0.1) is 0 Å². The van der Waals surface area contributed by atoms with Crippen LogP contribution in [0.2, 0.25) is 0 Å². The fraction of sp³-hybridized carbons (Fsp3) is 0.667. The van der Waals surface area contributed by atoms with Gasteiger partial charge in [-0.2, -0.15) is 0 Å². The van der Waals surface area contributed by atoms with Crippen LogP contribution < -0.4 is 5.32 Å². The van der Waals surface area contributed by atoms with Gasteiger partial charge in [-0.3, -0.25) is 4.74 Å². The summed E-state index contributed by atoms with van der Waals surface area (Å²) in [5, 5.41) is 5.61. The first-order chi connectivity index (χ1) is 7.31.